The number of aromatic nitrogens is 4. The second kappa shape index (κ2) is 8.65. The van der Waals surface area contributed by atoms with E-state index in [0.29, 0.717) is 23.8 Å². The summed E-state index contributed by atoms with van der Waals surface area (Å²) in [5.74, 6) is 1.10. The van der Waals surface area contributed by atoms with Crippen LogP contribution in [0.1, 0.15) is 51.3 Å². The van der Waals surface area contributed by atoms with Crippen molar-refractivity contribution in [1.82, 2.24) is 19.5 Å². The number of aryl methyl sites for hydroxylation is 1. The van der Waals surface area contributed by atoms with E-state index in [1.165, 1.54) is 0 Å². The maximum Gasteiger partial charge on any atom is 0.227 e. The van der Waals surface area contributed by atoms with E-state index in [4.69, 9.17) is 5.73 Å². The fourth-order valence-electron chi connectivity index (χ4n) is 3.27. The quantitative estimate of drug-likeness (QED) is 0.430. The van der Waals surface area contributed by atoms with Crippen molar-refractivity contribution >= 4 is 28.6 Å². The number of fused-ring (bicyclic) bond motifs is 1. The largest absolute Gasteiger partial charge is 0.398 e. The minimum atomic E-state index is -0.516. The Morgan fingerprint density at radius 1 is 1.21 bits per heavy atom. The smallest absolute Gasteiger partial charge is 0.227 e. The average molecular weight is 398 g/mol. The zero-order valence-corrected chi connectivity index (χ0v) is 17.8. The third kappa shape index (κ3) is 4.59. The molecule has 0 saturated carbocycles. The molecule has 0 aliphatic rings. The minimum Gasteiger partial charge on any atom is -0.398 e. The summed E-state index contributed by atoms with van der Waals surface area (Å²) in [4.78, 5) is 13.8. The van der Waals surface area contributed by atoms with Crippen molar-refractivity contribution in [1.29, 1.82) is 0 Å². The Bertz CT molecular complexity index is 981. The number of nitrogen functional groups attached to an aromatic ring is 1. The van der Waals surface area contributed by atoms with Gasteiger partial charge in [-0.2, -0.15) is 9.97 Å². The van der Waals surface area contributed by atoms with E-state index in [-0.39, 0.29) is 12.1 Å². The Labute approximate surface area is 171 Å². The third-order valence-electron chi connectivity index (χ3n) is 5.06. The normalized spacial score (nSPS) is 13.6. The molecule has 0 fully saturated rings. The van der Waals surface area contributed by atoms with E-state index in [0.717, 1.165) is 28.9 Å². The summed E-state index contributed by atoms with van der Waals surface area (Å²) in [5, 5.41) is 16.6. The number of aliphatic hydroxyl groups is 1. The average Bonchev–Trinajstić information content (AvgIpc) is 3.09. The predicted molar refractivity (Wildman–Crippen MR) is 118 cm³/mol. The van der Waals surface area contributed by atoms with Gasteiger partial charge in [-0.25, -0.2) is 4.98 Å². The molecule has 8 heteroatoms. The first-order chi connectivity index (χ1) is 13.8. The number of hydrogen-bond donors (Lipinski definition) is 4. The fourth-order valence-corrected chi connectivity index (χ4v) is 3.27. The molecular weight excluding hydrogens is 366 g/mol. The monoisotopic (exact) mass is 397 g/mol. The van der Waals surface area contributed by atoms with Crippen LogP contribution in [-0.2, 0) is 6.54 Å². The molecular formula is C21H31N7O. The molecule has 1 aromatic carbocycles. The predicted octanol–water partition coefficient (Wildman–Crippen LogP) is 3.48. The van der Waals surface area contributed by atoms with Crippen molar-refractivity contribution in [3.8, 4) is 0 Å². The van der Waals surface area contributed by atoms with Gasteiger partial charge in [0.25, 0.3) is 0 Å². The number of nitrogens with zero attached hydrogens (tertiary/aromatic N) is 4. The van der Waals surface area contributed by atoms with E-state index >= 15 is 0 Å². The van der Waals surface area contributed by atoms with Crippen LogP contribution in [0.3, 0.4) is 0 Å². The molecule has 156 valence electrons. The number of anilines is 3. The highest BCUT2D eigenvalue weighted by molar-refractivity contribution is 5.84. The summed E-state index contributed by atoms with van der Waals surface area (Å²) in [6.45, 7) is 10.5. The van der Waals surface area contributed by atoms with Crippen LogP contribution in [0.2, 0.25) is 0 Å². The maximum atomic E-state index is 10.00. The lowest BCUT2D eigenvalue weighted by Crippen LogP contribution is -2.31. The Hall–Kier alpha value is -2.87. The third-order valence-corrected chi connectivity index (χ3v) is 5.06. The second-order valence-corrected chi connectivity index (χ2v) is 7.77. The van der Waals surface area contributed by atoms with Crippen LogP contribution >= 0.6 is 0 Å². The summed E-state index contributed by atoms with van der Waals surface area (Å²) < 4.78 is 2.01. The lowest BCUT2D eigenvalue weighted by molar-refractivity contribution is 0.169. The van der Waals surface area contributed by atoms with Crippen LogP contribution in [0.4, 0.5) is 17.5 Å². The van der Waals surface area contributed by atoms with Crippen molar-refractivity contribution in [2.45, 2.75) is 65.8 Å². The number of aliphatic hydroxyl groups excluding tert-OH is 1. The van der Waals surface area contributed by atoms with Gasteiger partial charge in [-0.3, -0.25) is 0 Å². The lowest BCUT2D eigenvalue weighted by atomic mass is 10.1. The summed E-state index contributed by atoms with van der Waals surface area (Å²) >= 11 is 0. The molecule has 2 atom stereocenters. The number of rotatable bonds is 8. The molecule has 0 bridgehead atoms. The Morgan fingerprint density at radius 2 is 1.97 bits per heavy atom. The Balaban J connectivity index is 1.97. The van der Waals surface area contributed by atoms with Crippen molar-refractivity contribution in [3.05, 3.63) is 35.7 Å². The molecule has 3 rings (SSSR count). The fraction of sp³-hybridized carbons (Fsp3) is 0.476. The molecule has 2 heterocycles. The highest BCUT2D eigenvalue weighted by Crippen LogP contribution is 2.25. The molecule has 0 aliphatic heterocycles. The zero-order chi connectivity index (χ0) is 21.1. The van der Waals surface area contributed by atoms with Gasteiger partial charge in [-0.1, -0.05) is 19.1 Å². The van der Waals surface area contributed by atoms with Crippen molar-refractivity contribution in [2.75, 3.05) is 16.4 Å². The van der Waals surface area contributed by atoms with E-state index in [1.54, 1.807) is 13.3 Å². The Morgan fingerprint density at radius 3 is 2.59 bits per heavy atom. The SMILES string of the molecule is CCC(Nc1nc(NCc2ccc(C)cc2N)c2ncn(C(C)C)c2n1)C(C)O. The molecule has 2 aromatic heterocycles. The topological polar surface area (TPSA) is 114 Å². The lowest BCUT2D eigenvalue weighted by Gasteiger charge is -2.20. The van der Waals surface area contributed by atoms with Crippen LogP contribution in [-0.4, -0.2) is 36.8 Å². The second-order valence-electron chi connectivity index (χ2n) is 7.77. The number of nitrogens with one attached hydrogen (secondary N) is 2. The van der Waals surface area contributed by atoms with Crippen LogP contribution in [0.5, 0.6) is 0 Å². The van der Waals surface area contributed by atoms with Crippen molar-refractivity contribution in [2.24, 2.45) is 0 Å². The molecule has 3 aromatic rings. The van der Waals surface area contributed by atoms with Gasteiger partial charge in [0.1, 0.15) is 0 Å². The molecule has 29 heavy (non-hydrogen) atoms. The van der Waals surface area contributed by atoms with E-state index in [2.05, 4.69) is 39.4 Å². The molecule has 0 saturated heterocycles. The number of nitrogens with two attached hydrogens (primary N) is 1. The number of benzene rings is 1. The number of hydrogen-bond acceptors (Lipinski definition) is 7. The van der Waals surface area contributed by atoms with Gasteiger partial charge in [0, 0.05) is 18.3 Å². The molecule has 5 N–H and O–H groups in total. The van der Waals surface area contributed by atoms with Gasteiger partial charge in [0.2, 0.25) is 5.95 Å². The first-order valence-electron chi connectivity index (χ1n) is 10.1. The highest BCUT2D eigenvalue weighted by atomic mass is 16.3. The van der Waals surface area contributed by atoms with E-state index in [1.807, 2.05) is 36.6 Å². The van der Waals surface area contributed by atoms with Gasteiger partial charge < -0.3 is 26.0 Å². The summed E-state index contributed by atoms with van der Waals surface area (Å²) in [7, 11) is 0. The van der Waals surface area contributed by atoms with Crippen LogP contribution < -0.4 is 16.4 Å². The van der Waals surface area contributed by atoms with E-state index in [9.17, 15) is 5.11 Å². The molecule has 0 radical (unpaired) electrons. The number of imidazole rings is 1. The van der Waals surface area contributed by atoms with Crippen LogP contribution in [0.25, 0.3) is 11.2 Å². The van der Waals surface area contributed by atoms with Gasteiger partial charge in [-0.05, 0) is 51.3 Å². The maximum absolute atomic E-state index is 10.00. The van der Waals surface area contributed by atoms with Gasteiger partial charge >= 0.3 is 0 Å². The van der Waals surface area contributed by atoms with Crippen molar-refractivity contribution < 1.29 is 5.11 Å². The first-order valence-corrected chi connectivity index (χ1v) is 10.1. The van der Waals surface area contributed by atoms with Gasteiger partial charge in [0.15, 0.2) is 17.0 Å². The van der Waals surface area contributed by atoms with E-state index < -0.39 is 6.10 Å². The molecule has 0 amide bonds. The molecule has 8 nitrogen and oxygen atoms in total. The first kappa shape index (κ1) is 20.9. The highest BCUT2D eigenvalue weighted by Gasteiger charge is 2.18. The van der Waals surface area contributed by atoms with Gasteiger partial charge in [0.05, 0.1) is 18.5 Å². The molecule has 2 unspecified atom stereocenters. The van der Waals surface area contributed by atoms with Crippen LogP contribution in [0, 0.1) is 6.92 Å². The van der Waals surface area contributed by atoms with Crippen LogP contribution in [0.15, 0.2) is 24.5 Å². The minimum absolute atomic E-state index is 0.136. The standard InChI is InChI=1S/C21H31N7O/c1-6-17(14(5)29)25-21-26-19(18-20(27-21)28(11-24-18)12(2)3)23-10-15-8-7-13(4)9-16(15)22/h7-9,11-12,14,17,29H,6,10,22H2,1-5H3,(H2,23,25,26,27). The zero-order valence-electron chi connectivity index (χ0n) is 17.8. The molecule has 0 aliphatic carbocycles. The molecule has 0 spiro atoms. The van der Waals surface area contributed by atoms with Crippen molar-refractivity contribution in [3.63, 3.8) is 0 Å². The summed E-state index contributed by atoms with van der Waals surface area (Å²) in [6.07, 6.45) is 2.02. The summed E-state index contributed by atoms with van der Waals surface area (Å²) in [6, 6.07) is 6.09. The summed E-state index contributed by atoms with van der Waals surface area (Å²) in [5.41, 5.74) is 10.5. The Kier molecular flexibility index (Phi) is 6.22. The van der Waals surface area contributed by atoms with Gasteiger partial charge in [-0.15, -0.1) is 0 Å².